The molecule has 182 valence electrons. The molecule has 3 heterocycles. The van der Waals surface area contributed by atoms with Crippen LogP contribution in [0.3, 0.4) is 0 Å². The van der Waals surface area contributed by atoms with E-state index in [1.54, 1.807) is 6.92 Å². The highest BCUT2D eigenvalue weighted by Crippen LogP contribution is 2.49. The SMILES string of the molecule is Cc1nnc(C2CN(C(=O)Cc3ccccc3)CC23CCN(C(=O)COc2ccccc2)CC3)o1. The smallest absolute Gasteiger partial charge is 0.260 e. The van der Waals surface area contributed by atoms with E-state index in [1.807, 2.05) is 70.5 Å². The minimum Gasteiger partial charge on any atom is -0.484 e. The van der Waals surface area contributed by atoms with Crippen molar-refractivity contribution < 1.29 is 18.7 Å². The van der Waals surface area contributed by atoms with Crippen molar-refractivity contribution in [1.29, 1.82) is 0 Å². The van der Waals surface area contributed by atoms with Gasteiger partial charge in [-0.05, 0) is 30.5 Å². The van der Waals surface area contributed by atoms with Gasteiger partial charge in [0.05, 0.1) is 12.3 Å². The van der Waals surface area contributed by atoms with Crippen LogP contribution in [0.25, 0.3) is 0 Å². The van der Waals surface area contributed by atoms with E-state index >= 15 is 0 Å². The second-order valence-corrected chi connectivity index (χ2v) is 9.49. The Kier molecular flexibility index (Phi) is 6.53. The van der Waals surface area contributed by atoms with Gasteiger partial charge in [0.15, 0.2) is 6.61 Å². The third-order valence-electron chi connectivity index (χ3n) is 7.26. The number of carbonyl (C=O) groups excluding carboxylic acids is 2. The molecule has 2 amide bonds. The normalized spacial score (nSPS) is 19.2. The second kappa shape index (κ2) is 9.90. The maximum Gasteiger partial charge on any atom is 0.260 e. The van der Waals surface area contributed by atoms with Crippen molar-refractivity contribution in [3.8, 4) is 5.75 Å². The number of likely N-dealkylation sites (tertiary alicyclic amines) is 2. The number of ether oxygens (including phenoxy) is 1. The molecule has 2 fully saturated rings. The summed E-state index contributed by atoms with van der Waals surface area (Å²) in [7, 11) is 0. The average molecular weight is 475 g/mol. The third-order valence-corrected chi connectivity index (χ3v) is 7.26. The van der Waals surface area contributed by atoms with E-state index in [1.165, 1.54) is 0 Å². The Hall–Kier alpha value is -3.68. The molecule has 0 radical (unpaired) electrons. The first kappa shape index (κ1) is 23.1. The number of piperidine rings is 1. The lowest BCUT2D eigenvalue weighted by molar-refractivity contribution is -0.136. The van der Waals surface area contributed by atoms with Gasteiger partial charge in [0.2, 0.25) is 17.7 Å². The van der Waals surface area contributed by atoms with Gasteiger partial charge in [0.25, 0.3) is 5.91 Å². The van der Waals surface area contributed by atoms with Crippen LogP contribution in [0, 0.1) is 12.3 Å². The van der Waals surface area contributed by atoms with Gasteiger partial charge >= 0.3 is 0 Å². The van der Waals surface area contributed by atoms with Gasteiger partial charge in [-0.1, -0.05) is 48.5 Å². The molecule has 8 nitrogen and oxygen atoms in total. The summed E-state index contributed by atoms with van der Waals surface area (Å²) in [5, 5.41) is 8.36. The maximum absolute atomic E-state index is 13.2. The third kappa shape index (κ3) is 5.06. The first-order chi connectivity index (χ1) is 17.0. The predicted octanol–water partition coefficient (Wildman–Crippen LogP) is 3.23. The lowest BCUT2D eigenvalue weighted by atomic mass is 9.70. The first-order valence-corrected chi connectivity index (χ1v) is 12.1. The first-order valence-electron chi connectivity index (χ1n) is 12.1. The van der Waals surface area contributed by atoms with Crippen molar-refractivity contribution >= 4 is 11.8 Å². The van der Waals surface area contributed by atoms with Gasteiger partial charge in [-0.2, -0.15) is 0 Å². The van der Waals surface area contributed by atoms with E-state index in [0.717, 1.165) is 18.4 Å². The fourth-order valence-corrected chi connectivity index (χ4v) is 5.29. The molecule has 1 atom stereocenters. The molecule has 3 aromatic rings. The van der Waals surface area contributed by atoms with Crippen LogP contribution in [0.15, 0.2) is 65.1 Å². The number of para-hydroxylation sites is 1. The van der Waals surface area contributed by atoms with E-state index in [2.05, 4.69) is 10.2 Å². The number of hydrogen-bond donors (Lipinski definition) is 0. The molecule has 5 rings (SSSR count). The molecular formula is C27H30N4O4. The van der Waals surface area contributed by atoms with Crippen LogP contribution >= 0.6 is 0 Å². The molecule has 0 saturated carbocycles. The summed E-state index contributed by atoms with van der Waals surface area (Å²) in [6.07, 6.45) is 1.91. The molecule has 1 aromatic heterocycles. The lowest BCUT2D eigenvalue weighted by Gasteiger charge is -2.41. The lowest BCUT2D eigenvalue weighted by Crippen LogP contribution is -2.47. The van der Waals surface area contributed by atoms with Crippen LogP contribution in [0.5, 0.6) is 5.75 Å². The molecule has 1 spiro atoms. The highest BCUT2D eigenvalue weighted by molar-refractivity contribution is 5.79. The largest absolute Gasteiger partial charge is 0.484 e. The summed E-state index contributed by atoms with van der Waals surface area (Å²) in [5.74, 6) is 1.83. The Morgan fingerprint density at radius 1 is 0.971 bits per heavy atom. The number of benzene rings is 2. The number of aromatic nitrogens is 2. The molecule has 2 aromatic carbocycles. The number of amides is 2. The van der Waals surface area contributed by atoms with Crippen LogP contribution in [0.1, 0.15) is 36.1 Å². The summed E-state index contributed by atoms with van der Waals surface area (Å²) in [6, 6.07) is 19.2. The Bertz CT molecular complexity index is 1160. The van der Waals surface area contributed by atoms with Crippen molar-refractivity contribution in [2.24, 2.45) is 5.41 Å². The molecule has 2 aliphatic rings. The van der Waals surface area contributed by atoms with Crippen LogP contribution in [0.2, 0.25) is 0 Å². The van der Waals surface area contributed by atoms with Gasteiger partial charge in [0, 0.05) is 38.5 Å². The summed E-state index contributed by atoms with van der Waals surface area (Å²) in [5.41, 5.74) is 0.810. The van der Waals surface area contributed by atoms with Crippen LogP contribution in [-0.2, 0) is 16.0 Å². The molecule has 2 aliphatic heterocycles. The Morgan fingerprint density at radius 3 is 2.31 bits per heavy atom. The van der Waals surface area contributed by atoms with Crippen molar-refractivity contribution in [2.45, 2.75) is 32.1 Å². The highest BCUT2D eigenvalue weighted by Gasteiger charge is 2.52. The number of rotatable bonds is 6. The number of nitrogens with zero attached hydrogens (tertiary/aromatic N) is 4. The van der Waals surface area contributed by atoms with Gasteiger partial charge in [0.1, 0.15) is 5.75 Å². The molecule has 35 heavy (non-hydrogen) atoms. The van der Waals surface area contributed by atoms with Crippen molar-refractivity contribution in [3.05, 3.63) is 78.0 Å². The monoisotopic (exact) mass is 474 g/mol. The van der Waals surface area contributed by atoms with Gasteiger partial charge in [-0.25, -0.2) is 0 Å². The Labute approximate surface area is 204 Å². The van der Waals surface area contributed by atoms with E-state index in [-0.39, 0.29) is 29.8 Å². The standard InChI is InChI=1S/C27H30N4O4/c1-20-28-29-26(35-20)23-17-31(24(32)16-21-8-4-2-5-9-21)19-27(23)12-14-30(15-13-27)25(33)18-34-22-10-6-3-7-11-22/h2-11,23H,12-19H2,1H3. The fraction of sp³-hybridized carbons (Fsp3) is 0.407. The summed E-state index contributed by atoms with van der Waals surface area (Å²) < 4.78 is 11.5. The molecule has 0 aliphatic carbocycles. The van der Waals surface area contributed by atoms with Crippen molar-refractivity contribution in [1.82, 2.24) is 20.0 Å². The molecule has 2 saturated heterocycles. The summed E-state index contributed by atoms with van der Waals surface area (Å²) in [4.78, 5) is 29.8. The molecule has 1 unspecified atom stereocenters. The molecule has 0 bridgehead atoms. The second-order valence-electron chi connectivity index (χ2n) is 9.49. The highest BCUT2D eigenvalue weighted by atomic mass is 16.5. The van der Waals surface area contributed by atoms with E-state index < -0.39 is 0 Å². The number of carbonyl (C=O) groups is 2. The zero-order valence-electron chi connectivity index (χ0n) is 19.9. The summed E-state index contributed by atoms with van der Waals surface area (Å²) >= 11 is 0. The van der Waals surface area contributed by atoms with E-state index in [4.69, 9.17) is 9.15 Å². The topological polar surface area (TPSA) is 88.8 Å². The zero-order valence-corrected chi connectivity index (χ0v) is 19.9. The summed E-state index contributed by atoms with van der Waals surface area (Å²) in [6.45, 7) is 4.21. The molecule has 8 heteroatoms. The fourth-order valence-electron chi connectivity index (χ4n) is 5.29. The van der Waals surface area contributed by atoms with Gasteiger partial charge in [-0.3, -0.25) is 9.59 Å². The van der Waals surface area contributed by atoms with E-state index in [9.17, 15) is 9.59 Å². The quantitative estimate of drug-likeness (QED) is 0.545. The van der Waals surface area contributed by atoms with Crippen molar-refractivity contribution in [2.75, 3.05) is 32.8 Å². The van der Waals surface area contributed by atoms with Gasteiger partial charge < -0.3 is 19.0 Å². The minimum absolute atomic E-state index is 0.0188. The van der Waals surface area contributed by atoms with Crippen LogP contribution in [0.4, 0.5) is 0 Å². The minimum atomic E-state index is -0.192. The van der Waals surface area contributed by atoms with Gasteiger partial charge in [-0.15, -0.1) is 10.2 Å². The number of hydrogen-bond acceptors (Lipinski definition) is 6. The number of aryl methyl sites for hydroxylation is 1. The Balaban J connectivity index is 1.26. The average Bonchev–Trinajstić information content (AvgIpc) is 3.48. The molecular weight excluding hydrogens is 444 g/mol. The zero-order chi connectivity index (χ0) is 24.3. The maximum atomic E-state index is 13.2. The molecule has 0 N–H and O–H groups in total. The van der Waals surface area contributed by atoms with Crippen LogP contribution in [-0.4, -0.2) is 64.6 Å². The predicted molar refractivity (Wildman–Crippen MR) is 129 cm³/mol. The van der Waals surface area contributed by atoms with Crippen molar-refractivity contribution in [3.63, 3.8) is 0 Å². The Morgan fingerprint density at radius 2 is 1.66 bits per heavy atom. The van der Waals surface area contributed by atoms with Crippen LogP contribution < -0.4 is 4.74 Å². The van der Waals surface area contributed by atoms with E-state index in [0.29, 0.717) is 50.1 Å².